The lowest BCUT2D eigenvalue weighted by atomic mass is 10.3. The summed E-state index contributed by atoms with van der Waals surface area (Å²) in [6, 6.07) is 6.28. The first-order chi connectivity index (χ1) is 8.19. The number of halogens is 2. The number of hydrogen-bond donors (Lipinski definition) is 1. The van der Waals surface area contributed by atoms with Gasteiger partial charge in [-0.25, -0.2) is 4.98 Å². The summed E-state index contributed by atoms with van der Waals surface area (Å²) in [6.45, 7) is 2.96. The number of hydrogen-bond acceptors (Lipinski definition) is 3. The molecule has 0 aliphatic carbocycles. The zero-order valence-corrected chi connectivity index (χ0v) is 13.9. The molecule has 0 saturated carbocycles. The predicted molar refractivity (Wildman–Crippen MR) is 85.7 cm³/mol. The van der Waals surface area contributed by atoms with Crippen LogP contribution >= 0.6 is 49.9 Å². The molecule has 17 heavy (non-hydrogen) atoms. The van der Waals surface area contributed by atoms with E-state index in [1.54, 1.807) is 11.3 Å². The Balaban J connectivity index is 2.04. The van der Waals surface area contributed by atoms with Gasteiger partial charge in [0.2, 0.25) is 0 Å². The van der Waals surface area contributed by atoms with Crippen molar-refractivity contribution in [2.24, 2.45) is 0 Å². The van der Waals surface area contributed by atoms with Gasteiger partial charge in [-0.2, -0.15) is 0 Å². The second-order valence-corrected chi connectivity index (χ2v) is 6.85. The molecular formula is C12H12BrIN2S. The Morgan fingerprint density at radius 2 is 2.29 bits per heavy atom. The summed E-state index contributed by atoms with van der Waals surface area (Å²) in [5, 5.41) is 4.62. The Hall–Kier alpha value is -0.140. The zero-order valence-electron chi connectivity index (χ0n) is 9.34. The highest BCUT2D eigenvalue weighted by Crippen LogP contribution is 2.25. The normalized spacial score (nSPS) is 10.5. The SMILES string of the molecule is CCc1ncc(CNc2cc(I)ccc2Br)s1. The van der Waals surface area contributed by atoms with E-state index in [1.807, 2.05) is 6.20 Å². The smallest absolute Gasteiger partial charge is 0.0925 e. The van der Waals surface area contributed by atoms with Gasteiger partial charge in [-0.1, -0.05) is 6.92 Å². The molecule has 1 N–H and O–H groups in total. The second-order valence-electron chi connectivity index (χ2n) is 3.55. The van der Waals surface area contributed by atoms with Crippen molar-refractivity contribution in [2.75, 3.05) is 5.32 Å². The maximum atomic E-state index is 4.35. The molecule has 5 heteroatoms. The summed E-state index contributed by atoms with van der Waals surface area (Å²) in [5.74, 6) is 0. The fraction of sp³-hybridized carbons (Fsp3) is 0.250. The molecule has 0 atom stereocenters. The first-order valence-electron chi connectivity index (χ1n) is 5.31. The molecule has 1 aromatic carbocycles. The van der Waals surface area contributed by atoms with E-state index in [1.165, 1.54) is 13.5 Å². The number of anilines is 1. The van der Waals surface area contributed by atoms with Crippen LogP contribution in [0.5, 0.6) is 0 Å². The average molecular weight is 423 g/mol. The minimum Gasteiger partial charge on any atom is -0.379 e. The standard InChI is InChI=1S/C12H12BrIN2S/c1-2-12-16-7-9(17-12)6-15-11-5-8(14)3-4-10(11)13/h3-5,7,15H,2,6H2,1H3. The Morgan fingerprint density at radius 1 is 1.47 bits per heavy atom. The monoisotopic (exact) mass is 422 g/mol. The summed E-state index contributed by atoms with van der Waals surface area (Å²) in [6.07, 6.45) is 2.97. The zero-order chi connectivity index (χ0) is 12.3. The van der Waals surface area contributed by atoms with Crippen LogP contribution in [-0.2, 0) is 13.0 Å². The number of thiazole rings is 1. The van der Waals surface area contributed by atoms with Crippen molar-refractivity contribution in [2.45, 2.75) is 19.9 Å². The third kappa shape index (κ3) is 3.66. The van der Waals surface area contributed by atoms with Gasteiger partial charge < -0.3 is 5.32 Å². The van der Waals surface area contributed by atoms with E-state index in [2.05, 4.69) is 73.9 Å². The molecule has 1 aromatic heterocycles. The highest BCUT2D eigenvalue weighted by Gasteiger charge is 2.03. The van der Waals surface area contributed by atoms with Crippen molar-refractivity contribution in [3.8, 4) is 0 Å². The maximum Gasteiger partial charge on any atom is 0.0925 e. The maximum absolute atomic E-state index is 4.35. The summed E-state index contributed by atoms with van der Waals surface area (Å²) >= 11 is 7.63. The first-order valence-corrected chi connectivity index (χ1v) is 8.00. The van der Waals surface area contributed by atoms with Gasteiger partial charge in [0, 0.05) is 24.8 Å². The van der Waals surface area contributed by atoms with Gasteiger partial charge in [-0.15, -0.1) is 11.3 Å². The molecule has 0 radical (unpaired) electrons. The third-order valence-electron chi connectivity index (χ3n) is 2.29. The first kappa shape index (κ1) is 13.3. The van der Waals surface area contributed by atoms with Gasteiger partial charge in [0.1, 0.15) is 0 Å². The van der Waals surface area contributed by atoms with Crippen LogP contribution < -0.4 is 5.32 Å². The third-order valence-corrected chi connectivity index (χ3v) is 4.79. The molecule has 90 valence electrons. The van der Waals surface area contributed by atoms with Gasteiger partial charge in [0.15, 0.2) is 0 Å². The van der Waals surface area contributed by atoms with Gasteiger partial charge in [0.25, 0.3) is 0 Å². The van der Waals surface area contributed by atoms with E-state index < -0.39 is 0 Å². The van der Waals surface area contributed by atoms with Crippen molar-refractivity contribution in [1.29, 1.82) is 0 Å². The lowest BCUT2D eigenvalue weighted by Crippen LogP contribution is -1.98. The average Bonchev–Trinajstić information content (AvgIpc) is 2.78. The highest BCUT2D eigenvalue weighted by atomic mass is 127. The van der Waals surface area contributed by atoms with E-state index in [9.17, 15) is 0 Å². The fourth-order valence-electron chi connectivity index (χ4n) is 1.41. The molecule has 0 saturated heterocycles. The summed E-state index contributed by atoms with van der Waals surface area (Å²) < 4.78 is 2.32. The molecule has 0 unspecified atom stereocenters. The van der Waals surface area contributed by atoms with Crippen molar-refractivity contribution >= 4 is 55.5 Å². The Bertz CT molecular complexity index is 513. The van der Waals surface area contributed by atoms with E-state index in [0.717, 1.165) is 23.1 Å². The molecule has 2 nitrogen and oxygen atoms in total. The minimum absolute atomic E-state index is 0.830. The quantitative estimate of drug-likeness (QED) is 0.723. The predicted octanol–water partition coefficient (Wildman–Crippen LogP) is 4.68. The van der Waals surface area contributed by atoms with E-state index in [0.29, 0.717) is 0 Å². The topological polar surface area (TPSA) is 24.9 Å². The van der Waals surface area contributed by atoms with Crippen LogP contribution in [0.25, 0.3) is 0 Å². The summed E-state index contributed by atoms with van der Waals surface area (Å²) in [5.41, 5.74) is 1.13. The molecule has 0 spiro atoms. The van der Waals surface area contributed by atoms with Gasteiger partial charge >= 0.3 is 0 Å². The second kappa shape index (κ2) is 6.15. The van der Waals surface area contributed by atoms with Crippen LogP contribution in [0.3, 0.4) is 0 Å². The minimum atomic E-state index is 0.830. The number of rotatable bonds is 4. The number of nitrogens with zero attached hydrogens (tertiary/aromatic N) is 1. The van der Waals surface area contributed by atoms with Crippen LogP contribution in [0.15, 0.2) is 28.9 Å². The van der Waals surface area contributed by atoms with Crippen LogP contribution in [0, 0.1) is 3.57 Å². The number of nitrogens with one attached hydrogen (secondary N) is 1. The molecule has 0 amide bonds. The lowest BCUT2D eigenvalue weighted by Gasteiger charge is -2.07. The molecule has 0 aliphatic rings. The van der Waals surface area contributed by atoms with Gasteiger partial charge in [-0.05, 0) is 63.1 Å². The van der Waals surface area contributed by atoms with Crippen LogP contribution in [0.4, 0.5) is 5.69 Å². The molecule has 0 aliphatic heterocycles. The van der Waals surface area contributed by atoms with Crippen LogP contribution in [0.1, 0.15) is 16.8 Å². The van der Waals surface area contributed by atoms with Crippen molar-refractivity contribution < 1.29 is 0 Å². The van der Waals surface area contributed by atoms with E-state index in [-0.39, 0.29) is 0 Å². The number of aromatic nitrogens is 1. The van der Waals surface area contributed by atoms with E-state index >= 15 is 0 Å². The lowest BCUT2D eigenvalue weighted by molar-refractivity contribution is 1.09. The number of aryl methyl sites for hydroxylation is 1. The Labute approximate surface area is 127 Å². The molecule has 0 bridgehead atoms. The largest absolute Gasteiger partial charge is 0.379 e. The van der Waals surface area contributed by atoms with E-state index in [4.69, 9.17) is 0 Å². The molecular weight excluding hydrogens is 411 g/mol. The van der Waals surface area contributed by atoms with Gasteiger partial charge in [0.05, 0.1) is 11.6 Å². The Kier molecular flexibility index (Phi) is 4.81. The Morgan fingerprint density at radius 3 is 3.00 bits per heavy atom. The van der Waals surface area contributed by atoms with Crippen molar-refractivity contribution in [3.05, 3.63) is 42.3 Å². The summed E-state index contributed by atoms with van der Waals surface area (Å²) in [4.78, 5) is 5.62. The molecule has 0 fully saturated rings. The molecule has 2 aromatic rings. The summed E-state index contributed by atoms with van der Waals surface area (Å²) in [7, 11) is 0. The van der Waals surface area contributed by atoms with Crippen molar-refractivity contribution in [1.82, 2.24) is 4.98 Å². The fourth-order valence-corrected chi connectivity index (χ4v) is 3.09. The van der Waals surface area contributed by atoms with Crippen molar-refractivity contribution in [3.63, 3.8) is 0 Å². The van der Waals surface area contributed by atoms with Crippen LogP contribution in [0.2, 0.25) is 0 Å². The molecule has 1 heterocycles. The highest BCUT2D eigenvalue weighted by molar-refractivity contribution is 14.1. The molecule has 2 rings (SSSR count). The van der Waals surface area contributed by atoms with Gasteiger partial charge in [-0.3, -0.25) is 0 Å². The van der Waals surface area contributed by atoms with Crippen LogP contribution in [-0.4, -0.2) is 4.98 Å². The number of benzene rings is 1.